The standard InChI is InChI=1S/C12H18N4O/c1-8-4-9(8)7-16(3)12(17)10-5-14-6-11(13-2)15-10/h5-6,8-9H,4,7H2,1-3H3,(H,13,15). The maximum atomic E-state index is 12.1. The van der Waals surface area contributed by atoms with Gasteiger partial charge in [0.25, 0.3) is 5.91 Å². The molecule has 1 heterocycles. The molecule has 17 heavy (non-hydrogen) atoms. The predicted octanol–water partition coefficient (Wildman–Crippen LogP) is 1.25. The summed E-state index contributed by atoms with van der Waals surface area (Å²) in [6.45, 7) is 3.02. The number of aromatic nitrogens is 2. The first-order valence-electron chi connectivity index (χ1n) is 5.87. The van der Waals surface area contributed by atoms with Gasteiger partial charge in [0.05, 0.1) is 12.4 Å². The van der Waals surface area contributed by atoms with Gasteiger partial charge in [-0.15, -0.1) is 0 Å². The molecule has 1 aromatic heterocycles. The number of nitrogens with one attached hydrogen (secondary N) is 1. The summed E-state index contributed by atoms with van der Waals surface area (Å²) in [5.41, 5.74) is 0.396. The van der Waals surface area contributed by atoms with E-state index in [4.69, 9.17) is 0 Å². The Morgan fingerprint density at radius 1 is 1.59 bits per heavy atom. The molecule has 1 aliphatic carbocycles. The highest BCUT2D eigenvalue weighted by Crippen LogP contribution is 2.38. The fraction of sp³-hybridized carbons (Fsp3) is 0.583. The van der Waals surface area contributed by atoms with E-state index in [1.807, 2.05) is 7.05 Å². The molecule has 1 saturated carbocycles. The molecule has 1 fully saturated rings. The van der Waals surface area contributed by atoms with Crippen molar-refractivity contribution in [2.75, 3.05) is 26.0 Å². The summed E-state index contributed by atoms with van der Waals surface area (Å²) in [6, 6.07) is 0. The van der Waals surface area contributed by atoms with Crippen LogP contribution in [0, 0.1) is 11.8 Å². The fourth-order valence-electron chi connectivity index (χ4n) is 1.87. The second-order valence-corrected chi connectivity index (χ2v) is 4.70. The van der Waals surface area contributed by atoms with Gasteiger partial charge in [-0.2, -0.15) is 0 Å². The number of hydrogen-bond acceptors (Lipinski definition) is 4. The van der Waals surface area contributed by atoms with Crippen molar-refractivity contribution in [2.45, 2.75) is 13.3 Å². The molecular weight excluding hydrogens is 216 g/mol. The minimum Gasteiger partial charge on any atom is -0.372 e. The Bertz CT molecular complexity index is 421. The van der Waals surface area contributed by atoms with Gasteiger partial charge in [-0.05, 0) is 18.3 Å². The van der Waals surface area contributed by atoms with Crippen LogP contribution in [0.25, 0.3) is 0 Å². The number of rotatable bonds is 4. The molecule has 0 saturated heterocycles. The third kappa shape index (κ3) is 2.72. The maximum absolute atomic E-state index is 12.1. The van der Waals surface area contributed by atoms with Crippen molar-refractivity contribution < 1.29 is 4.79 Å². The van der Waals surface area contributed by atoms with Crippen LogP contribution in [0.3, 0.4) is 0 Å². The molecule has 1 aliphatic rings. The number of anilines is 1. The highest BCUT2D eigenvalue weighted by Gasteiger charge is 2.34. The Labute approximate surface area is 101 Å². The highest BCUT2D eigenvalue weighted by molar-refractivity contribution is 5.92. The number of amides is 1. The van der Waals surface area contributed by atoms with Crippen LogP contribution >= 0.6 is 0 Å². The van der Waals surface area contributed by atoms with E-state index in [2.05, 4.69) is 22.2 Å². The lowest BCUT2D eigenvalue weighted by Crippen LogP contribution is -2.30. The molecule has 5 nitrogen and oxygen atoms in total. The van der Waals surface area contributed by atoms with E-state index in [0.29, 0.717) is 17.4 Å². The first kappa shape index (κ1) is 11.8. The monoisotopic (exact) mass is 234 g/mol. The van der Waals surface area contributed by atoms with E-state index < -0.39 is 0 Å². The summed E-state index contributed by atoms with van der Waals surface area (Å²) in [7, 11) is 3.58. The number of nitrogens with zero attached hydrogens (tertiary/aromatic N) is 3. The van der Waals surface area contributed by atoms with Gasteiger partial charge in [0.15, 0.2) is 0 Å². The Kier molecular flexibility index (Phi) is 3.26. The van der Waals surface area contributed by atoms with Gasteiger partial charge in [-0.3, -0.25) is 9.78 Å². The van der Waals surface area contributed by atoms with Crippen molar-refractivity contribution in [3.05, 3.63) is 18.1 Å². The van der Waals surface area contributed by atoms with Gasteiger partial charge in [0.1, 0.15) is 11.5 Å². The molecule has 0 aliphatic heterocycles. The summed E-state index contributed by atoms with van der Waals surface area (Å²) >= 11 is 0. The zero-order chi connectivity index (χ0) is 12.4. The van der Waals surface area contributed by atoms with Crippen molar-refractivity contribution in [3.63, 3.8) is 0 Å². The Morgan fingerprint density at radius 3 is 2.88 bits per heavy atom. The summed E-state index contributed by atoms with van der Waals surface area (Å²) in [4.78, 5) is 22.0. The topological polar surface area (TPSA) is 58.1 Å². The fourth-order valence-corrected chi connectivity index (χ4v) is 1.87. The summed E-state index contributed by atoms with van der Waals surface area (Å²) < 4.78 is 0. The van der Waals surface area contributed by atoms with Gasteiger partial charge < -0.3 is 10.2 Å². The Morgan fingerprint density at radius 2 is 2.29 bits per heavy atom. The van der Waals surface area contributed by atoms with Crippen molar-refractivity contribution in [1.82, 2.24) is 14.9 Å². The van der Waals surface area contributed by atoms with Gasteiger partial charge >= 0.3 is 0 Å². The van der Waals surface area contributed by atoms with E-state index in [0.717, 1.165) is 12.5 Å². The second kappa shape index (κ2) is 4.69. The molecule has 1 N–H and O–H groups in total. The van der Waals surface area contributed by atoms with Gasteiger partial charge in [-0.1, -0.05) is 6.92 Å². The van der Waals surface area contributed by atoms with Crippen LogP contribution in [0.5, 0.6) is 0 Å². The van der Waals surface area contributed by atoms with Crippen LogP contribution in [0.2, 0.25) is 0 Å². The SMILES string of the molecule is CNc1cncc(C(=O)N(C)CC2CC2C)n1. The van der Waals surface area contributed by atoms with E-state index in [1.165, 1.54) is 12.6 Å². The second-order valence-electron chi connectivity index (χ2n) is 4.70. The molecule has 5 heteroatoms. The molecule has 92 valence electrons. The quantitative estimate of drug-likeness (QED) is 0.851. The van der Waals surface area contributed by atoms with Crippen LogP contribution in [0.4, 0.5) is 5.82 Å². The normalized spacial score (nSPS) is 22.1. The van der Waals surface area contributed by atoms with Crippen molar-refractivity contribution in [1.29, 1.82) is 0 Å². The molecule has 0 bridgehead atoms. The zero-order valence-corrected chi connectivity index (χ0v) is 10.5. The minimum atomic E-state index is -0.0614. The summed E-state index contributed by atoms with van der Waals surface area (Å²) in [5, 5.41) is 2.88. The molecule has 0 spiro atoms. The van der Waals surface area contributed by atoms with Gasteiger partial charge in [0.2, 0.25) is 0 Å². The van der Waals surface area contributed by atoms with E-state index in [1.54, 1.807) is 18.1 Å². The smallest absolute Gasteiger partial charge is 0.273 e. The van der Waals surface area contributed by atoms with Crippen LogP contribution in [-0.2, 0) is 0 Å². The number of carbonyl (C=O) groups excluding carboxylic acids is 1. The van der Waals surface area contributed by atoms with Gasteiger partial charge in [-0.25, -0.2) is 4.98 Å². The molecule has 2 atom stereocenters. The maximum Gasteiger partial charge on any atom is 0.273 e. The van der Waals surface area contributed by atoms with E-state index in [-0.39, 0.29) is 5.91 Å². The number of hydrogen-bond donors (Lipinski definition) is 1. The molecule has 1 aromatic rings. The molecule has 0 aromatic carbocycles. The predicted molar refractivity (Wildman–Crippen MR) is 65.8 cm³/mol. The largest absolute Gasteiger partial charge is 0.372 e. The van der Waals surface area contributed by atoms with Crippen LogP contribution in [0.15, 0.2) is 12.4 Å². The molecule has 2 unspecified atom stereocenters. The Hall–Kier alpha value is -1.65. The summed E-state index contributed by atoms with van der Waals surface area (Å²) in [5.74, 6) is 1.96. The van der Waals surface area contributed by atoms with Crippen LogP contribution in [-0.4, -0.2) is 41.4 Å². The molecule has 1 amide bonds. The minimum absolute atomic E-state index is 0.0614. The van der Waals surface area contributed by atoms with Crippen LogP contribution < -0.4 is 5.32 Å². The Balaban J connectivity index is 2.02. The number of carbonyl (C=O) groups is 1. The van der Waals surface area contributed by atoms with Crippen molar-refractivity contribution in [2.24, 2.45) is 11.8 Å². The first-order chi connectivity index (χ1) is 8.11. The summed E-state index contributed by atoms with van der Waals surface area (Å²) in [6.07, 6.45) is 4.33. The lowest BCUT2D eigenvalue weighted by Gasteiger charge is -2.16. The average molecular weight is 234 g/mol. The lowest BCUT2D eigenvalue weighted by molar-refractivity contribution is 0.0781. The van der Waals surface area contributed by atoms with E-state index >= 15 is 0 Å². The first-order valence-corrected chi connectivity index (χ1v) is 5.87. The average Bonchev–Trinajstić information content (AvgIpc) is 3.04. The van der Waals surface area contributed by atoms with Crippen LogP contribution in [0.1, 0.15) is 23.8 Å². The zero-order valence-electron chi connectivity index (χ0n) is 10.5. The van der Waals surface area contributed by atoms with Gasteiger partial charge in [0, 0.05) is 20.6 Å². The van der Waals surface area contributed by atoms with Crippen molar-refractivity contribution in [3.8, 4) is 0 Å². The highest BCUT2D eigenvalue weighted by atomic mass is 16.2. The third-order valence-electron chi connectivity index (χ3n) is 3.24. The lowest BCUT2D eigenvalue weighted by atomic mass is 10.3. The molecule has 2 rings (SSSR count). The molecular formula is C12H18N4O. The van der Waals surface area contributed by atoms with Crippen molar-refractivity contribution >= 4 is 11.7 Å². The molecule has 0 radical (unpaired) electrons. The third-order valence-corrected chi connectivity index (χ3v) is 3.24. The van der Waals surface area contributed by atoms with E-state index in [9.17, 15) is 4.79 Å².